The molecular formula is C19H19F3N4O2S2. The van der Waals surface area contributed by atoms with Crippen molar-refractivity contribution in [3.63, 3.8) is 0 Å². The molecule has 2 heterocycles. The topological polar surface area (TPSA) is 65.5 Å². The van der Waals surface area contributed by atoms with E-state index < -0.39 is 12.1 Å². The first-order valence-electron chi connectivity index (χ1n) is 8.92. The number of thiophene rings is 1. The normalized spacial score (nSPS) is 11.5. The number of benzene rings is 1. The average Bonchev–Trinajstić information content (AvgIpc) is 3.24. The Hall–Kier alpha value is -2.66. The molecule has 0 fully saturated rings. The fraction of sp³-hybridized carbons (Fsp3) is 0.316. The lowest BCUT2D eigenvalue weighted by Gasteiger charge is -2.22. The lowest BCUT2D eigenvalue weighted by Crippen LogP contribution is -2.40. The smallest absolute Gasteiger partial charge is 0.354 e. The summed E-state index contributed by atoms with van der Waals surface area (Å²) in [5.74, 6) is -2.21. The lowest BCUT2D eigenvalue weighted by atomic mass is 10.2. The molecular weight excluding hydrogens is 437 g/mol. The van der Waals surface area contributed by atoms with Crippen molar-refractivity contribution in [3.8, 4) is 0 Å². The third-order valence-electron chi connectivity index (χ3n) is 4.15. The van der Waals surface area contributed by atoms with Gasteiger partial charge >= 0.3 is 12.1 Å². The summed E-state index contributed by atoms with van der Waals surface area (Å²) in [6.07, 6.45) is -4.92. The summed E-state index contributed by atoms with van der Waals surface area (Å²) in [5.41, 5.74) is 0.920. The summed E-state index contributed by atoms with van der Waals surface area (Å²) in [6, 6.07) is 8.19. The van der Waals surface area contributed by atoms with Crippen LogP contribution in [0, 0.1) is 0 Å². The summed E-state index contributed by atoms with van der Waals surface area (Å²) in [7, 11) is 3.79. The van der Waals surface area contributed by atoms with Crippen molar-refractivity contribution in [2.24, 2.45) is 0 Å². The van der Waals surface area contributed by atoms with Gasteiger partial charge in [0.1, 0.15) is 4.83 Å². The zero-order valence-corrected chi connectivity index (χ0v) is 18.0. The van der Waals surface area contributed by atoms with Crippen LogP contribution in [0.1, 0.15) is 22.2 Å². The van der Waals surface area contributed by atoms with Crippen LogP contribution in [-0.4, -0.2) is 48.5 Å². The number of rotatable bonds is 6. The molecule has 2 amide bonds. The monoisotopic (exact) mass is 456 g/mol. The van der Waals surface area contributed by atoms with E-state index in [1.165, 1.54) is 29.6 Å². The Morgan fingerprint density at radius 3 is 2.50 bits per heavy atom. The zero-order chi connectivity index (χ0) is 22.1. The van der Waals surface area contributed by atoms with Gasteiger partial charge in [0.25, 0.3) is 5.91 Å². The minimum Gasteiger partial charge on any atom is -0.354 e. The van der Waals surface area contributed by atoms with Gasteiger partial charge in [-0.15, -0.1) is 11.3 Å². The first kappa shape index (κ1) is 22.0. The van der Waals surface area contributed by atoms with Gasteiger partial charge in [-0.1, -0.05) is 23.5 Å². The van der Waals surface area contributed by atoms with E-state index in [1.807, 2.05) is 19.0 Å². The van der Waals surface area contributed by atoms with Gasteiger partial charge in [0, 0.05) is 32.9 Å². The highest BCUT2D eigenvalue weighted by molar-refractivity contribution is 7.29. The Kier molecular flexibility index (Phi) is 6.32. The molecule has 0 aliphatic heterocycles. The largest absolute Gasteiger partial charge is 0.471 e. The number of nitrogens with zero attached hydrogens (tertiary/aromatic N) is 3. The van der Waals surface area contributed by atoms with E-state index in [9.17, 15) is 22.8 Å². The van der Waals surface area contributed by atoms with Crippen LogP contribution in [0.25, 0.3) is 9.53 Å². The second-order valence-corrected chi connectivity index (χ2v) is 8.68. The molecule has 6 nitrogen and oxygen atoms in total. The van der Waals surface area contributed by atoms with Crippen LogP contribution in [0.2, 0.25) is 0 Å². The van der Waals surface area contributed by atoms with Crippen LogP contribution in [0.5, 0.6) is 0 Å². The Morgan fingerprint density at radius 1 is 1.17 bits per heavy atom. The molecule has 160 valence electrons. The van der Waals surface area contributed by atoms with Crippen molar-refractivity contribution in [1.29, 1.82) is 0 Å². The Balaban J connectivity index is 1.72. The van der Waals surface area contributed by atoms with E-state index in [0.29, 0.717) is 21.0 Å². The standard InChI is InChI=1S/C19H19F3N4O2S2/c1-4-26(17(28)19(20,21)22)10-11-6-5-7-12(8-11)23-15(27)13-9-14-16(29-13)24-18(30-14)25(2)3/h5-9H,4,10H2,1-3H3,(H,23,27). The summed E-state index contributed by atoms with van der Waals surface area (Å²) >= 11 is 2.75. The Bertz CT molecular complexity index is 1040. The predicted molar refractivity (Wildman–Crippen MR) is 113 cm³/mol. The molecule has 3 aromatic rings. The molecule has 1 aromatic carbocycles. The van der Waals surface area contributed by atoms with Crippen molar-refractivity contribution in [2.45, 2.75) is 19.6 Å². The maximum atomic E-state index is 12.7. The maximum absolute atomic E-state index is 12.7. The maximum Gasteiger partial charge on any atom is 0.471 e. The second-order valence-electron chi connectivity index (χ2n) is 6.64. The number of nitrogens with one attached hydrogen (secondary N) is 1. The summed E-state index contributed by atoms with van der Waals surface area (Å²) in [6.45, 7) is 1.20. The minimum absolute atomic E-state index is 0.0806. The number of amides is 2. The van der Waals surface area contributed by atoms with E-state index in [-0.39, 0.29) is 19.0 Å². The number of hydrogen-bond acceptors (Lipinski definition) is 6. The van der Waals surface area contributed by atoms with Gasteiger partial charge in [0.15, 0.2) is 5.13 Å². The highest BCUT2D eigenvalue weighted by atomic mass is 32.1. The molecule has 2 aromatic heterocycles. The molecule has 0 spiro atoms. The fourth-order valence-corrected chi connectivity index (χ4v) is 4.72. The fourth-order valence-electron chi connectivity index (χ4n) is 2.69. The average molecular weight is 457 g/mol. The first-order chi connectivity index (χ1) is 14.1. The zero-order valence-electron chi connectivity index (χ0n) is 16.4. The molecule has 3 rings (SSSR count). The molecule has 30 heavy (non-hydrogen) atoms. The number of fused-ring (bicyclic) bond motifs is 1. The quantitative estimate of drug-likeness (QED) is 0.589. The number of thiazole rings is 1. The van der Waals surface area contributed by atoms with E-state index in [0.717, 1.165) is 14.7 Å². The van der Waals surface area contributed by atoms with Crippen LogP contribution in [0.15, 0.2) is 30.3 Å². The van der Waals surface area contributed by atoms with Gasteiger partial charge < -0.3 is 15.1 Å². The van der Waals surface area contributed by atoms with E-state index in [4.69, 9.17) is 0 Å². The molecule has 0 radical (unpaired) electrons. The number of aromatic nitrogens is 1. The van der Waals surface area contributed by atoms with Crippen molar-refractivity contribution in [1.82, 2.24) is 9.88 Å². The number of carbonyl (C=O) groups excluding carboxylic acids is 2. The summed E-state index contributed by atoms with van der Waals surface area (Å²) < 4.78 is 39.0. The van der Waals surface area contributed by atoms with Crippen LogP contribution >= 0.6 is 22.7 Å². The number of carbonyl (C=O) groups is 2. The second kappa shape index (κ2) is 8.60. The number of halogens is 3. The van der Waals surface area contributed by atoms with Crippen molar-refractivity contribution >= 4 is 54.8 Å². The number of anilines is 2. The number of hydrogen-bond donors (Lipinski definition) is 1. The van der Waals surface area contributed by atoms with Crippen molar-refractivity contribution < 1.29 is 22.8 Å². The van der Waals surface area contributed by atoms with Gasteiger partial charge in [0.2, 0.25) is 0 Å². The van der Waals surface area contributed by atoms with E-state index >= 15 is 0 Å². The van der Waals surface area contributed by atoms with Crippen LogP contribution in [-0.2, 0) is 11.3 Å². The molecule has 0 unspecified atom stereocenters. The van der Waals surface area contributed by atoms with Gasteiger partial charge in [-0.25, -0.2) is 4.98 Å². The predicted octanol–water partition coefficient (Wildman–Crippen LogP) is 4.59. The van der Waals surface area contributed by atoms with E-state index in [2.05, 4.69) is 10.3 Å². The van der Waals surface area contributed by atoms with E-state index in [1.54, 1.807) is 30.3 Å². The molecule has 11 heteroatoms. The Morgan fingerprint density at radius 2 is 1.90 bits per heavy atom. The SMILES string of the molecule is CCN(Cc1cccc(NC(=O)c2cc3sc(N(C)C)nc3s2)c1)C(=O)C(F)(F)F. The van der Waals surface area contributed by atoms with Crippen molar-refractivity contribution in [2.75, 3.05) is 30.9 Å². The first-order valence-corrected chi connectivity index (χ1v) is 10.6. The highest BCUT2D eigenvalue weighted by Gasteiger charge is 2.41. The van der Waals surface area contributed by atoms with Crippen LogP contribution < -0.4 is 10.2 Å². The molecule has 0 saturated heterocycles. The molecule has 0 aliphatic carbocycles. The summed E-state index contributed by atoms with van der Waals surface area (Å²) in [4.78, 5) is 32.4. The van der Waals surface area contributed by atoms with Crippen LogP contribution in [0.4, 0.5) is 24.0 Å². The molecule has 0 atom stereocenters. The van der Waals surface area contributed by atoms with Gasteiger partial charge in [-0.2, -0.15) is 13.2 Å². The lowest BCUT2D eigenvalue weighted by molar-refractivity contribution is -0.185. The molecule has 0 aliphatic rings. The van der Waals surface area contributed by atoms with Crippen LogP contribution in [0.3, 0.4) is 0 Å². The molecule has 0 saturated carbocycles. The summed E-state index contributed by atoms with van der Waals surface area (Å²) in [5, 5.41) is 3.60. The highest BCUT2D eigenvalue weighted by Crippen LogP contribution is 2.34. The minimum atomic E-state index is -4.92. The van der Waals surface area contributed by atoms with Gasteiger partial charge in [0.05, 0.1) is 9.58 Å². The Labute approximate surface area is 178 Å². The third-order valence-corrected chi connectivity index (χ3v) is 6.48. The number of alkyl halides is 3. The van der Waals surface area contributed by atoms with Gasteiger partial charge in [-0.3, -0.25) is 9.59 Å². The third kappa shape index (κ3) is 4.90. The molecule has 1 N–H and O–H groups in total. The van der Waals surface area contributed by atoms with Crippen molar-refractivity contribution in [3.05, 3.63) is 40.8 Å². The van der Waals surface area contributed by atoms with Gasteiger partial charge in [-0.05, 0) is 30.7 Å². The molecule has 0 bridgehead atoms.